The molecule has 0 fully saturated rings. The van der Waals surface area contributed by atoms with Crippen molar-refractivity contribution in [3.8, 4) is 17.2 Å². The van der Waals surface area contributed by atoms with Gasteiger partial charge in [-0.3, -0.25) is 0 Å². The lowest BCUT2D eigenvalue weighted by Gasteiger charge is -2.13. The highest BCUT2D eigenvalue weighted by molar-refractivity contribution is 5.92. The smallest absolute Gasteiger partial charge is 0.339 e. The van der Waals surface area contributed by atoms with E-state index in [1.807, 2.05) is 0 Å². The number of carboxylic acids is 1. The number of hydrogen-bond acceptors (Lipinski definition) is 4. The largest absolute Gasteiger partial charge is 0.493 e. The Morgan fingerprint density at radius 1 is 1.06 bits per heavy atom. The maximum atomic E-state index is 10.9. The summed E-state index contributed by atoms with van der Waals surface area (Å²) in [5.74, 6) is -0.212. The lowest BCUT2D eigenvalue weighted by molar-refractivity contribution is 0.0692. The van der Waals surface area contributed by atoms with E-state index in [-0.39, 0.29) is 29.5 Å². The Morgan fingerprint density at radius 2 is 1.62 bits per heavy atom. The van der Waals surface area contributed by atoms with Crippen molar-refractivity contribution < 1.29 is 24.1 Å². The SMILES string of the molecule is COc1ccc(C(=O)O)c(OC)c1OC.Cl. The molecule has 5 nitrogen and oxygen atoms in total. The van der Waals surface area contributed by atoms with Gasteiger partial charge in [-0.2, -0.15) is 0 Å². The molecule has 6 heteroatoms. The van der Waals surface area contributed by atoms with Crippen molar-refractivity contribution >= 4 is 18.4 Å². The van der Waals surface area contributed by atoms with Crippen LogP contribution in [0.1, 0.15) is 10.4 Å². The van der Waals surface area contributed by atoms with Crippen molar-refractivity contribution in [2.24, 2.45) is 0 Å². The fourth-order valence-corrected chi connectivity index (χ4v) is 1.27. The van der Waals surface area contributed by atoms with Gasteiger partial charge in [-0.15, -0.1) is 12.4 Å². The van der Waals surface area contributed by atoms with E-state index in [4.69, 9.17) is 19.3 Å². The van der Waals surface area contributed by atoms with Crippen LogP contribution in [0.25, 0.3) is 0 Å². The van der Waals surface area contributed by atoms with E-state index in [1.165, 1.54) is 33.5 Å². The quantitative estimate of drug-likeness (QED) is 0.881. The van der Waals surface area contributed by atoms with Gasteiger partial charge in [-0.1, -0.05) is 0 Å². The number of benzene rings is 1. The van der Waals surface area contributed by atoms with E-state index in [9.17, 15) is 4.79 Å². The highest BCUT2D eigenvalue weighted by Crippen LogP contribution is 2.39. The molecule has 0 heterocycles. The molecule has 0 aromatic heterocycles. The van der Waals surface area contributed by atoms with Gasteiger partial charge in [0.2, 0.25) is 5.75 Å². The molecule has 0 amide bonds. The second-order valence-corrected chi connectivity index (χ2v) is 2.69. The van der Waals surface area contributed by atoms with Gasteiger partial charge in [-0.25, -0.2) is 4.79 Å². The Hall–Kier alpha value is -1.62. The van der Waals surface area contributed by atoms with Gasteiger partial charge in [0.15, 0.2) is 11.5 Å². The average Bonchev–Trinajstić information content (AvgIpc) is 2.26. The summed E-state index contributed by atoms with van der Waals surface area (Å²) < 4.78 is 15.0. The van der Waals surface area contributed by atoms with Crippen molar-refractivity contribution in [1.29, 1.82) is 0 Å². The zero-order valence-corrected chi connectivity index (χ0v) is 9.96. The first kappa shape index (κ1) is 14.4. The molecule has 0 unspecified atom stereocenters. The van der Waals surface area contributed by atoms with Crippen molar-refractivity contribution in [2.75, 3.05) is 21.3 Å². The molecule has 0 saturated carbocycles. The van der Waals surface area contributed by atoms with Gasteiger partial charge in [-0.05, 0) is 12.1 Å². The monoisotopic (exact) mass is 248 g/mol. The van der Waals surface area contributed by atoms with E-state index in [0.717, 1.165) is 0 Å². The zero-order chi connectivity index (χ0) is 11.4. The standard InChI is InChI=1S/C10H12O5.ClH/c1-13-7-5-4-6(10(11)12)8(14-2)9(7)15-3;/h4-5H,1-3H3,(H,11,12);1H. The Kier molecular flexibility index (Phi) is 5.46. The van der Waals surface area contributed by atoms with E-state index >= 15 is 0 Å². The lowest BCUT2D eigenvalue weighted by Crippen LogP contribution is -2.03. The molecule has 0 spiro atoms. The normalized spacial score (nSPS) is 8.94. The van der Waals surface area contributed by atoms with Gasteiger partial charge in [0.1, 0.15) is 5.56 Å². The van der Waals surface area contributed by atoms with Crippen molar-refractivity contribution in [3.05, 3.63) is 17.7 Å². The maximum Gasteiger partial charge on any atom is 0.339 e. The summed E-state index contributed by atoms with van der Waals surface area (Å²) in [6, 6.07) is 2.92. The molecule has 0 aliphatic carbocycles. The second-order valence-electron chi connectivity index (χ2n) is 2.69. The van der Waals surface area contributed by atoms with Crippen LogP contribution >= 0.6 is 12.4 Å². The molecule has 0 saturated heterocycles. The summed E-state index contributed by atoms with van der Waals surface area (Å²) in [4.78, 5) is 10.9. The van der Waals surface area contributed by atoms with Crippen molar-refractivity contribution in [1.82, 2.24) is 0 Å². The molecule has 0 aliphatic heterocycles. The number of methoxy groups -OCH3 is 3. The Morgan fingerprint density at radius 3 is 2.00 bits per heavy atom. The number of halogens is 1. The van der Waals surface area contributed by atoms with Gasteiger partial charge in [0, 0.05) is 0 Å². The second kappa shape index (κ2) is 6.07. The molecule has 0 bridgehead atoms. The fraction of sp³-hybridized carbons (Fsp3) is 0.300. The summed E-state index contributed by atoms with van der Waals surface area (Å²) in [6.07, 6.45) is 0. The number of aromatic carboxylic acids is 1. The van der Waals surface area contributed by atoms with Gasteiger partial charge < -0.3 is 19.3 Å². The van der Waals surface area contributed by atoms with Crippen LogP contribution in [-0.2, 0) is 0 Å². The molecule has 1 aromatic carbocycles. The summed E-state index contributed by atoms with van der Waals surface area (Å²) >= 11 is 0. The molecule has 16 heavy (non-hydrogen) atoms. The topological polar surface area (TPSA) is 65.0 Å². The molecule has 0 atom stereocenters. The van der Waals surface area contributed by atoms with Crippen LogP contribution in [-0.4, -0.2) is 32.4 Å². The number of hydrogen-bond donors (Lipinski definition) is 1. The molecule has 0 radical (unpaired) electrons. The van der Waals surface area contributed by atoms with Crippen LogP contribution in [0.3, 0.4) is 0 Å². The maximum absolute atomic E-state index is 10.9. The van der Waals surface area contributed by atoms with E-state index in [1.54, 1.807) is 0 Å². The summed E-state index contributed by atoms with van der Waals surface area (Å²) in [5.41, 5.74) is 0.0372. The minimum absolute atomic E-state index is 0. The predicted octanol–water partition coefficient (Wildman–Crippen LogP) is 1.83. The number of carboxylic acid groups (broad SMARTS) is 1. The number of rotatable bonds is 4. The Balaban J connectivity index is 0.00000225. The third kappa shape index (κ3) is 2.49. The van der Waals surface area contributed by atoms with Crippen LogP contribution in [0.4, 0.5) is 0 Å². The zero-order valence-electron chi connectivity index (χ0n) is 9.14. The van der Waals surface area contributed by atoms with Crippen molar-refractivity contribution in [3.63, 3.8) is 0 Å². The molecule has 1 aromatic rings. The molecular formula is C10H13ClO5. The summed E-state index contributed by atoms with van der Waals surface area (Å²) in [6.45, 7) is 0. The highest BCUT2D eigenvalue weighted by atomic mass is 35.5. The van der Waals surface area contributed by atoms with Crippen molar-refractivity contribution in [2.45, 2.75) is 0 Å². The van der Waals surface area contributed by atoms with E-state index < -0.39 is 5.97 Å². The first-order valence-electron chi connectivity index (χ1n) is 4.18. The highest BCUT2D eigenvalue weighted by Gasteiger charge is 2.19. The minimum atomic E-state index is -1.08. The molecule has 1 N–H and O–H groups in total. The molecule has 0 aliphatic rings. The van der Waals surface area contributed by atoms with E-state index in [2.05, 4.69) is 0 Å². The molecule has 90 valence electrons. The average molecular weight is 249 g/mol. The lowest BCUT2D eigenvalue weighted by atomic mass is 10.1. The van der Waals surface area contributed by atoms with Gasteiger partial charge >= 0.3 is 5.97 Å². The molecule has 1 rings (SSSR count). The van der Waals surface area contributed by atoms with Crippen LogP contribution in [0.5, 0.6) is 17.2 Å². The number of ether oxygens (including phenoxy) is 3. The third-order valence-corrected chi connectivity index (χ3v) is 1.93. The Labute approximate surface area is 99.3 Å². The van der Waals surface area contributed by atoms with Crippen LogP contribution in [0.15, 0.2) is 12.1 Å². The molecular weight excluding hydrogens is 236 g/mol. The van der Waals surface area contributed by atoms with Crippen LogP contribution < -0.4 is 14.2 Å². The predicted molar refractivity (Wildman–Crippen MR) is 60.3 cm³/mol. The van der Waals surface area contributed by atoms with Gasteiger partial charge in [0.05, 0.1) is 21.3 Å². The first-order valence-corrected chi connectivity index (χ1v) is 4.18. The summed E-state index contributed by atoms with van der Waals surface area (Å²) in [7, 11) is 4.27. The first-order chi connectivity index (χ1) is 7.15. The Bertz CT molecular complexity index is 378. The van der Waals surface area contributed by atoms with E-state index in [0.29, 0.717) is 5.75 Å². The summed E-state index contributed by atoms with van der Waals surface area (Å²) in [5, 5.41) is 8.90. The van der Waals surface area contributed by atoms with Gasteiger partial charge in [0.25, 0.3) is 0 Å². The van der Waals surface area contributed by atoms with Crippen LogP contribution in [0, 0.1) is 0 Å². The third-order valence-electron chi connectivity index (χ3n) is 1.93. The minimum Gasteiger partial charge on any atom is -0.493 e. The van der Waals surface area contributed by atoms with Crippen LogP contribution in [0.2, 0.25) is 0 Å². The fourth-order valence-electron chi connectivity index (χ4n) is 1.27. The number of carbonyl (C=O) groups is 1.